The average molecular weight is 283 g/mol. The standard InChI is InChI=1S/C18H25N3/c1-4-5-6-7-8-18-20-16-11-15(12-19)9-10-17(16)21(18)13-14(2)3/h9-11,14H,4-8,13H2,1-3H3. The van der Waals surface area contributed by atoms with Crippen molar-refractivity contribution < 1.29 is 0 Å². The number of fused-ring (bicyclic) bond motifs is 1. The van der Waals surface area contributed by atoms with E-state index in [0.29, 0.717) is 11.5 Å². The summed E-state index contributed by atoms with van der Waals surface area (Å²) in [4.78, 5) is 4.78. The normalized spacial score (nSPS) is 11.2. The zero-order valence-electron chi connectivity index (χ0n) is 13.4. The molecule has 0 radical (unpaired) electrons. The maximum Gasteiger partial charge on any atom is 0.109 e. The molecule has 0 amide bonds. The largest absolute Gasteiger partial charge is 0.328 e. The summed E-state index contributed by atoms with van der Waals surface area (Å²) >= 11 is 0. The molecule has 0 aliphatic heterocycles. The van der Waals surface area contributed by atoms with E-state index in [4.69, 9.17) is 10.2 Å². The van der Waals surface area contributed by atoms with E-state index in [1.807, 2.05) is 18.2 Å². The van der Waals surface area contributed by atoms with E-state index < -0.39 is 0 Å². The molecule has 2 rings (SSSR count). The molecule has 0 saturated carbocycles. The first-order valence-electron chi connectivity index (χ1n) is 8.05. The van der Waals surface area contributed by atoms with Gasteiger partial charge in [-0.15, -0.1) is 0 Å². The van der Waals surface area contributed by atoms with Crippen LogP contribution in [0.3, 0.4) is 0 Å². The van der Waals surface area contributed by atoms with Crippen molar-refractivity contribution in [2.24, 2.45) is 5.92 Å². The van der Waals surface area contributed by atoms with Gasteiger partial charge >= 0.3 is 0 Å². The van der Waals surface area contributed by atoms with Crippen LogP contribution in [0.2, 0.25) is 0 Å². The molecule has 0 fully saturated rings. The summed E-state index contributed by atoms with van der Waals surface area (Å²) in [6.45, 7) is 7.69. The van der Waals surface area contributed by atoms with Gasteiger partial charge in [0.2, 0.25) is 0 Å². The summed E-state index contributed by atoms with van der Waals surface area (Å²) < 4.78 is 2.34. The second kappa shape index (κ2) is 7.26. The molecule has 0 bridgehead atoms. The molecule has 3 heteroatoms. The zero-order chi connectivity index (χ0) is 15.2. The van der Waals surface area contributed by atoms with Gasteiger partial charge in [0, 0.05) is 13.0 Å². The highest BCUT2D eigenvalue weighted by molar-refractivity contribution is 5.77. The van der Waals surface area contributed by atoms with E-state index in [-0.39, 0.29) is 0 Å². The van der Waals surface area contributed by atoms with Gasteiger partial charge in [0.15, 0.2) is 0 Å². The number of nitriles is 1. The third-order valence-electron chi connectivity index (χ3n) is 3.76. The Morgan fingerprint density at radius 3 is 2.71 bits per heavy atom. The third-order valence-corrected chi connectivity index (χ3v) is 3.76. The van der Waals surface area contributed by atoms with Gasteiger partial charge < -0.3 is 4.57 Å². The van der Waals surface area contributed by atoms with Crippen molar-refractivity contribution in [3.8, 4) is 6.07 Å². The SMILES string of the molecule is CCCCCCc1nc2cc(C#N)ccc2n1CC(C)C. The Kier molecular flexibility index (Phi) is 5.38. The van der Waals surface area contributed by atoms with Crippen LogP contribution in [0.25, 0.3) is 11.0 Å². The Labute approximate surface area is 127 Å². The van der Waals surface area contributed by atoms with Crippen LogP contribution in [0.5, 0.6) is 0 Å². The monoisotopic (exact) mass is 283 g/mol. The van der Waals surface area contributed by atoms with Gasteiger partial charge in [0.1, 0.15) is 5.82 Å². The lowest BCUT2D eigenvalue weighted by molar-refractivity contribution is 0.510. The minimum atomic E-state index is 0.590. The fourth-order valence-electron chi connectivity index (χ4n) is 2.72. The number of benzene rings is 1. The quantitative estimate of drug-likeness (QED) is 0.692. The van der Waals surface area contributed by atoms with Gasteiger partial charge in [-0.1, -0.05) is 40.0 Å². The zero-order valence-corrected chi connectivity index (χ0v) is 13.4. The second-order valence-electron chi connectivity index (χ2n) is 6.16. The van der Waals surface area contributed by atoms with Gasteiger partial charge in [-0.05, 0) is 30.5 Å². The number of imidazole rings is 1. The van der Waals surface area contributed by atoms with Crippen molar-refractivity contribution in [1.82, 2.24) is 9.55 Å². The first-order chi connectivity index (χ1) is 10.2. The number of aryl methyl sites for hydroxylation is 1. The predicted molar refractivity (Wildman–Crippen MR) is 87.1 cm³/mol. The van der Waals surface area contributed by atoms with Gasteiger partial charge in [0.05, 0.1) is 22.7 Å². The van der Waals surface area contributed by atoms with Crippen LogP contribution in [0, 0.1) is 17.2 Å². The lowest BCUT2D eigenvalue weighted by Gasteiger charge is -2.11. The van der Waals surface area contributed by atoms with E-state index in [2.05, 4.69) is 31.4 Å². The molecule has 0 aliphatic rings. The van der Waals surface area contributed by atoms with Gasteiger partial charge in [0.25, 0.3) is 0 Å². The highest BCUT2D eigenvalue weighted by atomic mass is 15.1. The molecule has 0 atom stereocenters. The molecule has 0 saturated heterocycles. The molecule has 1 heterocycles. The van der Waals surface area contributed by atoms with Crippen LogP contribution in [-0.4, -0.2) is 9.55 Å². The molecular formula is C18H25N3. The maximum absolute atomic E-state index is 9.03. The predicted octanol–water partition coefficient (Wildman–Crippen LogP) is 4.69. The topological polar surface area (TPSA) is 41.6 Å². The summed E-state index contributed by atoms with van der Waals surface area (Å²) in [6.07, 6.45) is 6.05. The summed E-state index contributed by atoms with van der Waals surface area (Å²) in [5, 5.41) is 9.03. The van der Waals surface area contributed by atoms with E-state index in [9.17, 15) is 0 Å². The Bertz CT molecular complexity index is 632. The number of rotatable bonds is 7. The van der Waals surface area contributed by atoms with Crippen LogP contribution in [0.4, 0.5) is 0 Å². The summed E-state index contributed by atoms with van der Waals surface area (Å²) in [5.41, 5.74) is 2.81. The van der Waals surface area contributed by atoms with E-state index in [1.54, 1.807) is 0 Å². The van der Waals surface area contributed by atoms with Crippen LogP contribution in [0.15, 0.2) is 18.2 Å². The molecule has 0 unspecified atom stereocenters. The van der Waals surface area contributed by atoms with Crippen molar-refractivity contribution in [2.45, 2.75) is 59.4 Å². The highest BCUT2D eigenvalue weighted by Gasteiger charge is 2.12. The van der Waals surface area contributed by atoms with Crippen LogP contribution in [-0.2, 0) is 13.0 Å². The van der Waals surface area contributed by atoms with E-state index in [0.717, 1.165) is 24.0 Å². The lowest BCUT2D eigenvalue weighted by atomic mass is 10.1. The molecular weight excluding hydrogens is 258 g/mol. The molecule has 0 spiro atoms. The minimum absolute atomic E-state index is 0.590. The van der Waals surface area contributed by atoms with Crippen LogP contribution < -0.4 is 0 Å². The first kappa shape index (κ1) is 15.6. The summed E-state index contributed by atoms with van der Waals surface area (Å²) in [7, 11) is 0. The molecule has 2 aromatic rings. The van der Waals surface area contributed by atoms with Crippen LogP contribution >= 0.6 is 0 Å². The molecule has 0 N–H and O–H groups in total. The average Bonchev–Trinajstić information content (AvgIpc) is 2.80. The number of unbranched alkanes of at least 4 members (excludes halogenated alkanes) is 3. The van der Waals surface area contributed by atoms with Crippen molar-refractivity contribution >= 4 is 11.0 Å². The Balaban J connectivity index is 2.30. The summed E-state index contributed by atoms with van der Waals surface area (Å²) in [5.74, 6) is 1.76. The van der Waals surface area contributed by atoms with E-state index >= 15 is 0 Å². The van der Waals surface area contributed by atoms with Gasteiger partial charge in [-0.3, -0.25) is 0 Å². The Morgan fingerprint density at radius 2 is 2.05 bits per heavy atom. The summed E-state index contributed by atoms with van der Waals surface area (Å²) in [6, 6.07) is 8.03. The molecule has 112 valence electrons. The van der Waals surface area contributed by atoms with Gasteiger partial charge in [-0.25, -0.2) is 4.98 Å². The number of hydrogen-bond acceptors (Lipinski definition) is 2. The second-order valence-corrected chi connectivity index (χ2v) is 6.16. The molecule has 1 aromatic heterocycles. The number of aromatic nitrogens is 2. The van der Waals surface area contributed by atoms with Crippen molar-refractivity contribution in [2.75, 3.05) is 0 Å². The van der Waals surface area contributed by atoms with Crippen molar-refractivity contribution in [1.29, 1.82) is 5.26 Å². The van der Waals surface area contributed by atoms with E-state index in [1.165, 1.54) is 31.5 Å². The fourth-order valence-corrected chi connectivity index (χ4v) is 2.72. The smallest absolute Gasteiger partial charge is 0.109 e. The number of hydrogen-bond donors (Lipinski definition) is 0. The highest BCUT2D eigenvalue weighted by Crippen LogP contribution is 2.21. The first-order valence-corrected chi connectivity index (χ1v) is 8.05. The van der Waals surface area contributed by atoms with Gasteiger partial charge in [-0.2, -0.15) is 5.26 Å². The van der Waals surface area contributed by atoms with Crippen molar-refractivity contribution in [3.05, 3.63) is 29.6 Å². The van der Waals surface area contributed by atoms with Crippen LogP contribution in [0.1, 0.15) is 57.8 Å². The molecule has 3 nitrogen and oxygen atoms in total. The minimum Gasteiger partial charge on any atom is -0.328 e. The van der Waals surface area contributed by atoms with Crippen molar-refractivity contribution in [3.63, 3.8) is 0 Å². The molecule has 0 aliphatic carbocycles. The molecule has 21 heavy (non-hydrogen) atoms. The number of nitrogens with zero attached hydrogens (tertiary/aromatic N) is 3. The molecule has 1 aromatic carbocycles. The lowest BCUT2D eigenvalue weighted by Crippen LogP contribution is -2.08. The Hall–Kier alpha value is -1.82. The maximum atomic E-state index is 9.03. The third kappa shape index (κ3) is 3.85. The Morgan fingerprint density at radius 1 is 1.24 bits per heavy atom. The fraction of sp³-hybridized carbons (Fsp3) is 0.556.